The average Bonchev–Trinajstić information content (AvgIpc) is 2.68. The number of para-hydroxylation sites is 1. The fourth-order valence-electron chi connectivity index (χ4n) is 3.39. The van der Waals surface area contributed by atoms with Crippen molar-refractivity contribution in [2.45, 2.75) is 18.8 Å². The molecule has 24 heavy (non-hydrogen) atoms. The molecular weight excluding hydrogens is 302 g/mol. The van der Waals surface area contributed by atoms with E-state index in [1.807, 2.05) is 41.3 Å². The van der Waals surface area contributed by atoms with Crippen LogP contribution in [0.3, 0.4) is 0 Å². The zero-order valence-electron chi connectivity index (χ0n) is 13.4. The van der Waals surface area contributed by atoms with E-state index in [-0.39, 0.29) is 11.8 Å². The third kappa shape index (κ3) is 2.89. The molecule has 1 saturated heterocycles. The van der Waals surface area contributed by atoms with E-state index < -0.39 is 0 Å². The van der Waals surface area contributed by atoms with Gasteiger partial charge in [-0.25, -0.2) is 9.97 Å². The number of amides is 1. The van der Waals surface area contributed by atoms with Crippen molar-refractivity contribution in [3.63, 3.8) is 0 Å². The molecule has 1 aromatic carbocycles. The molecule has 5 heteroatoms. The lowest BCUT2D eigenvalue weighted by atomic mass is 9.94. The molecule has 0 N–H and O–H groups in total. The van der Waals surface area contributed by atoms with E-state index >= 15 is 0 Å². The summed E-state index contributed by atoms with van der Waals surface area (Å²) in [4.78, 5) is 23.1. The van der Waals surface area contributed by atoms with Gasteiger partial charge in [0.25, 0.3) is 5.91 Å². The van der Waals surface area contributed by atoms with Gasteiger partial charge in [-0.15, -0.1) is 0 Å². The second-order valence-corrected chi connectivity index (χ2v) is 6.22. The summed E-state index contributed by atoms with van der Waals surface area (Å²) in [5.41, 5.74) is 2.70. The maximum atomic E-state index is 12.9. The first-order valence-electron chi connectivity index (χ1n) is 8.29. The Morgan fingerprint density at radius 2 is 2.17 bits per heavy atom. The number of aromatic nitrogens is 2. The van der Waals surface area contributed by atoms with Crippen molar-refractivity contribution in [2.75, 3.05) is 19.7 Å². The monoisotopic (exact) mass is 321 g/mol. The van der Waals surface area contributed by atoms with Gasteiger partial charge >= 0.3 is 0 Å². The number of benzene rings is 1. The molecule has 0 spiro atoms. The Kier molecular flexibility index (Phi) is 3.99. The number of piperidine rings is 1. The van der Waals surface area contributed by atoms with E-state index in [0.717, 1.165) is 42.0 Å². The van der Waals surface area contributed by atoms with Crippen LogP contribution in [-0.2, 0) is 4.79 Å². The number of fused-ring (bicyclic) bond motifs is 1. The molecule has 1 atom stereocenters. The third-order valence-electron chi connectivity index (χ3n) is 4.64. The first-order valence-corrected chi connectivity index (χ1v) is 8.29. The minimum atomic E-state index is 0.0725. The number of nitrogens with zero attached hydrogens (tertiary/aromatic N) is 3. The van der Waals surface area contributed by atoms with Gasteiger partial charge in [0.1, 0.15) is 18.7 Å². The van der Waals surface area contributed by atoms with E-state index in [9.17, 15) is 4.79 Å². The summed E-state index contributed by atoms with van der Waals surface area (Å²) in [7, 11) is 0. The Balaban J connectivity index is 1.52. The molecule has 2 aliphatic rings. The second kappa shape index (κ2) is 6.43. The van der Waals surface area contributed by atoms with Crippen molar-refractivity contribution < 1.29 is 9.53 Å². The smallest absolute Gasteiger partial charge is 0.253 e. The first-order chi connectivity index (χ1) is 11.8. The average molecular weight is 321 g/mol. The van der Waals surface area contributed by atoms with Crippen LogP contribution in [0.5, 0.6) is 5.75 Å². The van der Waals surface area contributed by atoms with Gasteiger partial charge in [0.15, 0.2) is 0 Å². The molecule has 1 amide bonds. The van der Waals surface area contributed by atoms with Gasteiger partial charge in [0.05, 0.1) is 5.57 Å². The second-order valence-electron chi connectivity index (χ2n) is 6.22. The van der Waals surface area contributed by atoms with Crippen LogP contribution < -0.4 is 4.74 Å². The van der Waals surface area contributed by atoms with Gasteiger partial charge in [-0.1, -0.05) is 18.2 Å². The quantitative estimate of drug-likeness (QED) is 0.853. The van der Waals surface area contributed by atoms with Crippen molar-refractivity contribution in [1.29, 1.82) is 0 Å². The summed E-state index contributed by atoms with van der Waals surface area (Å²) >= 11 is 0. The van der Waals surface area contributed by atoms with Crippen LogP contribution in [0.2, 0.25) is 0 Å². The van der Waals surface area contributed by atoms with E-state index in [4.69, 9.17) is 4.74 Å². The molecule has 2 aromatic rings. The topological polar surface area (TPSA) is 55.3 Å². The molecule has 4 rings (SSSR count). The number of rotatable bonds is 2. The summed E-state index contributed by atoms with van der Waals surface area (Å²) in [6, 6.07) is 9.74. The van der Waals surface area contributed by atoms with E-state index in [1.54, 1.807) is 12.5 Å². The van der Waals surface area contributed by atoms with Crippen molar-refractivity contribution in [3.05, 3.63) is 59.7 Å². The van der Waals surface area contributed by atoms with E-state index in [2.05, 4.69) is 9.97 Å². The highest BCUT2D eigenvalue weighted by Crippen LogP contribution is 2.29. The molecule has 0 radical (unpaired) electrons. The normalized spacial score (nSPS) is 19.9. The molecule has 0 bridgehead atoms. The fourth-order valence-corrected chi connectivity index (χ4v) is 3.39. The standard InChI is InChI=1S/C19H19N3O2/c23-19(16-10-14-4-1-2-6-18(14)24-12-16)22-9-3-5-15(11-22)17-7-8-20-13-21-17/h1-2,4,6-8,10,13,15H,3,5,9,11-12H2/t15-/m1/s1. The fraction of sp³-hybridized carbons (Fsp3) is 0.316. The number of carbonyl (C=O) groups is 1. The SMILES string of the molecule is O=C(C1=Cc2ccccc2OC1)N1CCC[C@@H](c2ccncn2)C1. The predicted molar refractivity (Wildman–Crippen MR) is 90.5 cm³/mol. The largest absolute Gasteiger partial charge is 0.488 e. The summed E-state index contributed by atoms with van der Waals surface area (Å²) in [6.07, 6.45) is 7.34. The highest BCUT2D eigenvalue weighted by atomic mass is 16.5. The van der Waals surface area contributed by atoms with Gasteiger partial charge < -0.3 is 9.64 Å². The molecule has 1 aromatic heterocycles. The van der Waals surface area contributed by atoms with Crippen LogP contribution in [0.15, 0.2) is 48.4 Å². The Morgan fingerprint density at radius 3 is 3.04 bits per heavy atom. The van der Waals surface area contributed by atoms with Crippen molar-refractivity contribution in [1.82, 2.24) is 14.9 Å². The van der Waals surface area contributed by atoms with Crippen LogP contribution in [0.1, 0.15) is 30.0 Å². The maximum absolute atomic E-state index is 12.9. The summed E-state index contributed by atoms with van der Waals surface area (Å²) in [6.45, 7) is 1.83. The van der Waals surface area contributed by atoms with Crippen LogP contribution in [0.4, 0.5) is 0 Å². The van der Waals surface area contributed by atoms with Crippen molar-refractivity contribution in [3.8, 4) is 5.75 Å². The lowest BCUT2D eigenvalue weighted by molar-refractivity contribution is -0.128. The van der Waals surface area contributed by atoms with Crippen molar-refractivity contribution >= 4 is 12.0 Å². The molecule has 122 valence electrons. The zero-order valence-corrected chi connectivity index (χ0v) is 13.4. The minimum absolute atomic E-state index is 0.0725. The molecule has 0 aliphatic carbocycles. The molecule has 0 unspecified atom stereocenters. The van der Waals surface area contributed by atoms with Crippen LogP contribution >= 0.6 is 0 Å². The van der Waals surface area contributed by atoms with Gasteiger partial charge in [-0.2, -0.15) is 0 Å². The van der Waals surface area contributed by atoms with Crippen LogP contribution in [0.25, 0.3) is 6.08 Å². The Morgan fingerprint density at radius 1 is 1.25 bits per heavy atom. The Bertz CT molecular complexity index is 773. The number of ether oxygens (including phenoxy) is 1. The van der Waals surface area contributed by atoms with Crippen molar-refractivity contribution in [2.24, 2.45) is 0 Å². The van der Waals surface area contributed by atoms with Gasteiger partial charge in [0, 0.05) is 36.5 Å². The van der Waals surface area contributed by atoms with Gasteiger partial charge in [-0.3, -0.25) is 4.79 Å². The van der Waals surface area contributed by atoms with E-state index in [1.165, 1.54) is 0 Å². The number of likely N-dealkylation sites (tertiary alicyclic amines) is 1. The molecule has 2 aliphatic heterocycles. The molecule has 0 saturated carbocycles. The van der Waals surface area contributed by atoms with Crippen LogP contribution in [-0.4, -0.2) is 40.5 Å². The predicted octanol–water partition coefficient (Wildman–Crippen LogP) is 2.66. The third-order valence-corrected chi connectivity index (χ3v) is 4.64. The Hall–Kier alpha value is -2.69. The molecule has 3 heterocycles. The maximum Gasteiger partial charge on any atom is 0.253 e. The van der Waals surface area contributed by atoms with Gasteiger partial charge in [0.2, 0.25) is 0 Å². The zero-order chi connectivity index (χ0) is 16.4. The summed E-state index contributed by atoms with van der Waals surface area (Å²) in [5.74, 6) is 1.19. The highest BCUT2D eigenvalue weighted by molar-refractivity contribution is 5.99. The summed E-state index contributed by atoms with van der Waals surface area (Å²) in [5, 5.41) is 0. The molecular formula is C19H19N3O2. The summed E-state index contributed by atoms with van der Waals surface area (Å²) < 4.78 is 5.72. The Labute approximate surface area is 141 Å². The molecule has 5 nitrogen and oxygen atoms in total. The molecule has 1 fully saturated rings. The number of hydrogen-bond donors (Lipinski definition) is 0. The lowest BCUT2D eigenvalue weighted by Gasteiger charge is -2.33. The van der Waals surface area contributed by atoms with E-state index in [0.29, 0.717) is 13.2 Å². The lowest BCUT2D eigenvalue weighted by Crippen LogP contribution is -2.41. The number of carbonyl (C=O) groups excluding carboxylic acids is 1. The minimum Gasteiger partial charge on any atom is -0.488 e. The van der Waals surface area contributed by atoms with Gasteiger partial charge in [-0.05, 0) is 31.1 Å². The highest BCUT2D eigenvalue weighted by Gasteiger charge is 2.28. The van der Waals surface area contributed by atoms with Crippen LogP contribution in [0, 0.1) is 0 Å². The number of hydrogen-bond acceptors (Lipinski definition) is 4. The first kappa shape index (κ1) is 14.9.